The number of aromatic nitrogens is 2. The fraction of sp³-hybridized carbons (Fsp3) is 0.348. The Morgan fingerprint density at radius 1 is 1.06 bits per heavy atom. The first-order valence-corrected chi connectivity index (χ1v) is 10.5. The second-order valence-electron chi connectivity index (χ2n) is 7.68. The second-order valence-corrected chi connectivity index (χ2v) is 7.68. The number of ether oxygens (including phenoxy) is 2. The van der Waals surface area contributed by atoms with Crippen LogP contribution in [0.4, 0.5) is 0 Å². The fourth-order valence-corrected chi connectivity index (χ4v) is 4.16. The Morgan fingerprint density at radius 3 is 2.50 bits per heavy atom. The van der Waals surface area contributed by atoms with Crippen molar-refractivity contribution in [1.29, 1.82) is 0 Å². The molecule has 1 saturated heterocycles. The van der Waals surface area contributed by atoms with Crippen molar-refractivity contribution in [3.05, 3.63) is 58.5 Å². The predicted octanol–water partition coefficient (Wildman–Crippen LogP) is 1.94. The van der Waals surface area contributed by atoms with Gasteiger partial charge in [-0.2, -0.15) is 0 Å². The number of para-hydroxylation sites is 2. The number of benzene rings is 2. The smallest absolute Gasteiger partial charge is 0.326 e. The molecule has 1 aromatic heterocycles. The van der Waals surface area contributed by atoms with Gasteiger partial charge in [0.1, 0.15) is 0 Å². The van der Waals surface area contributed by atoms with Crippen LogP contribution in [0, 0.1) is 0 Å². The van der Waals surface area contributed by atoms with Crippen LogP contribution in [0.1, 0.15) is 29.2 Å². The monoisotopic (exact) mass is 438 g/mol. The Balaban J connectivity index is 1.33. The maximum Gasteiger partial charge on any atom is 0.326 e. The van der Waals surface area contributed by atoms with Gasteiger partial charge in [-0.15, -0.1) is 0 Å². The van der Waals surface area contributed by atoms with Crippen molar-refractivity contribution >= 4 is 22.8 Å². The zero-order valence-electron chi connectivity index (χ0n) is 18.1. The third-order valence-corrected chi connectivity index (χ3v) is 5.85. The largest absolute Gasteiger partial charge is 0.493 e. The minimum absolute atomic E-state index is 0.0315. The van der Waals surface area contributed by atoms with Crippen molar-refractivity contribution < 1.29 is 19.1 Å². The number of H-pyrrole nitrogens is 1. The number of nitrogens with zero attached hydrogens (tertiary/aromatic N) is 2. The highest BCUT2D eigenvalue weighted by molar-refractivity contribution is 5.97. The van der Waals surface area contributed by atoms with Crippen LogP contribution in [-0.4, -0.2) is 60.1 Å². The molecule has 0 spiro atoms. The fourth-order valence-electron chi connectivity index (χ4n) is 4.16. The number of nitrogens with one attached hydrogen (secondary N) is 2. The standard InChI is InChI=1S/C23H26N4O5/c1-31-19-8-7-15(13-20(19)32-2)22(29)24-14-21(28)26-11-9-16(10-12-26)27-18-6-4-3-5-17(18)25-23(27)30/h3-8,13,16H,9-12,14H2,1-2H3,(H,24,29)(H,25,30). The number of fused-ring (bicyclic) bond motifs is 1. The van der Waals surface area contributed by atoms with Crippen LogP contribution in [0.3, 0.4) is 0 Å². The molecule has 1 aliphatic heterocycles. The average Bonchev–Trinajstić information content (AvgIpc) is 3.17. The van der Waals surface area contributed by atoms with Crippen molar-refractivity contribution in [2.45, 2.75) is 18.9 Å². The summed E-state index contributed by atoms with van der Waals surface area (Å²) in [5.74, 6) is 0.460. The number of aromatic amines is 1. The van der Waals surface area contributed by atoms with Gasteiger partial charge in [-0.05, 0) is 43.2 Å². The third-order valence-electron chi connectivity index (χ3n) is 5.85. The normalized spacial score (nSPS) is 14.4. The van der Waals surface area contributed by atoms with E-state index in [-0.39, 0.29) is 30.1 Å². The summed E-state index contributed by atoms with van der Waals surface area (Å²) in [6, 6.07) is 12.5. The van der Waals surface area contributed by atoms with Gasteiger partial charge in [-0.25, -0.2) is 4.79 Å². The summed E-state index contributed by atoms with van der Waals surface area (Å²) in [6.07, 6.45) is 1.36. The highest BCUT2D eigenvalue weighted by Gasteiger charge is 2.26. The van der Waals surface area contributed by atoms with Gasteiger partial charge in [-0.3, -0.25) is 14.2 Å². The number of imidazole rings is 1. The maximum atomic E-state index is 12.6. The molecule has 2 heterocycles. The highest BCUT2D eigenvalue weighted by atomic mass is 16.5. The summed E-state index contributed by atoms with van der Waals surface area (Å²) in [5, 5.41) is 2.67. The van der Waals surface area contributed by atoms with Crippen molar-refractivity contribution in [1.82, 2.24) is 19.8 Å². The molecule has 0 radical (unpaired) electrons. The molecular formula is C23H26N4O5. The zero-order chi connectivity index (χ0) is 22.7. The molecule has 1 aliphatic rings. The molecule has 3 aromatic rings. The average molecular weight is 438 g/mol. The summed E-state index contributed by atoms with van der Waals surface area (Å²) in [4.78, 5) is 42.1. The van der Waals surface area contributed by atoms with Gasteiger partial charge in [0.15, 0.2) is 11.5 Å². The van der Waals surface area contributed by atoms with Gasteiger partial charge in [0, 0.05) is 24.7 Å². The van der Waals surface area contributed by atoms with Crippen LogP contribution < -0.4 is 20.5 Å². The summed E-state index contributed by atoms with van der Waals surface area (Å²) < 4.78 is 12.2. The lowest BCUT2D eigenvalue weighted by molar-refractivity contribution is -0.131. The molecular weight excluding hydrogens is 412 g/mol. The molecule has 9 heteroatoms. The van der Waals surface area contributed by atoms with E-state index in [1.165, 1.54) is 14.2 Å². The Kier molecular flexibility index (Phi) is 6.16. The summed E-state index contributed by atoms with van der Waals surface area (Å²) in [6.45, 7) is 0.966. The highest BCUT2D eigenvalue weighted by Crippen LogP contribution is 2.27. The third kappa shape index (κ3) is 4.18. The number of likely N-dealkylation sites (tertiary alicyclic amines) is 1. The van der Waals surface area contributed by atoms with E-state index in [4.69, 9.17) is 9.47 Å². The Morgan fingerprint density at radius 2 is 1.78 bits per heavy atom. The van der Waals surface area contributed by atoms with Crippen molar-refractivity contribution in [2.24, 2.45) is 0 Å². The lowest BCUT2D eigenvalue weighted by Gasteiger charge is -2.32. The van der Waals surface area contributed by atoms with E-state index in [1.54, 1.807) is 27.7 Å². The van der Waals surface area contributed by atoms with Gasteiger partial charge in [0.05, 0.1) is 31.8 Å². The van der Waals surface area contributed by atoms with Gasteiger partial charge in [-0.1, -0.05) is 12.1 Å². The molecule has 0 unspecified atom stereocenters. The maximum absolute atomic E-state index is 12.6. The van der Waals surface area contributed by atoms with Gasteiger partial charge in [0.25, 0.3) is 5.91 Å². The van der Waals surface area contributed by atoms with E-state index in [2.05, 4.69) is 10.3 Å². The Labute approximate surface area is 184 Å². The summed E-state index contributed by atoms with van der Waals surface area (Å²) in [7, 11) is 3.02. The first kappa shape index (κ1) is 21.5. The summed E-state index contributed by atoms with van der Waals surface area (Å²) >= 11 is 0. The number of piperidine rings is 1. The molecule has 0 atom stereocenters. The van der Waals surface area contributed by atoms with Crippen LogP contribution in [0.2, 0.25) is 0 Å². The van der Waals surface area contributed by atoms with Crippen molar-refractivity contribution in [2.75, 3.05) is 33.9 Å². The Hall–Kier alpha value is -3.75. The number of carbonyl (C=O) groups is 2. The van der Waals surface area contributed by atoms with Gasteiger partial charge >= 0.3 is 5.69 Å². The number of carbonyl (C=O) groups excluding carboxylic acids is 2. The first-order valence-electron chi connectivity index (χ1n) is 10.5. The summed E-state index contributed by atoms with van der Waals surface area (Å²) in [5.41, 5.74) is 1.95. The molecule has 4 rings (SSSR count). The first-order chi connectivity index (χ1) is 15.5. The van der Waals surface area contributed by atoms with E-state index in [1.807, 2.05) is 24.3 Å². The van der Waals surface area contributed by atoms with Crippen molar-refractivity contribution in [3.8, 4) is 11.5 Å². The number of hydrogen-bond donors (Lipinski definition) is 2. The van der Waals surface area contributed by atoms with E-state index >= 15 is 0 Å². The zero-order valence-corrected chi connectivity index (χ0v) is 18.1. The molecule has 9 nitrogen and oxygen atoms in total. The molecule has 2 N–H and O–H groups in total. The lowest BCUT2D eigenvalue weighted by Crippen LogP contribution is -2.45. The number of hydrogen-bond acceptors (Lipinski definition) is 5. The number of methoxy groups -OCH3 is 2. The molecule has 2 aromatic carbocycles. The minimum Gasteiger partial charge on any atom is -0.493 e. The molecule has 168 valence electrons. The van der Waals surface area contributed by atoms with Crippen LogP contribution in [0.5, 0.6) is 11.5 Å². The van der Waals surface area contributed by atoms with E-state index < -0.39 is 0 Å². The van der Waals surface area contributed by atoms with Crippen LogP contribution in [0.15, 0.2) is 47.3 Å². The number of rotatable bonds is 6. The van der Waals surface area contributed by atoms with Crippen molar-refractivity contribution in [3.63, 3.8) is 0 Å². The number of amides is 2. The topological polar surface area (TPSA) is 106 Å². The molecule has 32 heavy (non-hydrogen) atoms. The van der Waals surface area contributed by atoms with Crippen LogP contribution in [0.25, 0.3) is 11.0 Å². The molecule has 0 saturated carbocycles. The van der Waals surface area contributed by atoms with Crippen LogP contribution >= 0.6 is 0 Å². The van der Waals surface area contributed by atoms with Crippen LogP contribution in [-0.2, 0) is 4.79 Å². The van der Waals surface area contributed by atoms with Gasteiger partial charge in [0.2, 0.25) is 5.91 Å². The lowest BCUT2D eigenvalue weighted by atomic mass is 10.0. The molecule has 0 bridgehead atoms. The molecule has 0 aliphatic carbocycles. The quantitative estimate of drug-likeness (QED) is 0.612. The van der Waals surface area contributed by atoms with E-state index in [0.717, 1.165) is 11.0 Å². The van der Waals surface area contributed by atoms with Gasteiger partial charge < -0.3 is 24.7 Å². The Bertz CT molecular complexity index is 1190. The van der Waals surface area contributed by atoms with E-state index in [9.17, 15) is 14.4 Å². The SMILES string of the molecule is COc1ccc(C(=O)NCC(=O)N2CCC(n3c(=O)[nH]c4ccccc43)CC2)cc1OC. The second kappa shape index (κ2) is 9.17. The molecule has 2 amide bonds. The van der Waals surface area contributed by atoms with E-state index in [0.29, 0.717) is 43.0 Å². The molecule has 1 fully saturated rings. The predicted molar refractivity (Wildman–Crippen MR) is 119 cm³/mol. The minimum atomic E-state index is -0.362.